The van der Waals surface area contributed by atoms with Crippen LogP contribution >= 0.6 is 0 Å². The molecule has 0 radical (unpaired) electrons. The Hall–Kier alpha value is -5.32. The molecule has 0 bridgehead atoms. The van der Waals surface area contributed by atoms with E-state index in [-0.39, 0.29) is 56.2 Å². The van der Waals surface area contributed by atoms with Crippen LogP contribution in [-0.4, -0.2) is 9.97 Å². The van der Waals surface area contributed by atoms with Gasteiger partial charge in [0.05, 0.1) is 0 Å². The summed E-state index contributed by atoms with van der Waals surface area (Å²) in [5.74, 6) is -4.08. The summed E-state index contributed by atoms with van der Waals surface area (Å²) < 4.78 is 57.8. The average Bonchev–Trinajstić information content (AvgIpc) is 3.27. The zero-order valence-corrected chi connectivity index (χ0v) is 16.5. The number of aromatic nitrogens is 2. The smallest absolute Gasteiger partial charge is 0.139 e. The maximum absolute atomic E-state index is 14.9. The molecule has 0 aliphatic heterocycles. The average molecular weight is 452 g/mol. The minimum absolute atomic E-state index is 0.152. The molecule has 3 aromatic rings. The first-order valence-corrected chi connectivity index (χ1v) is 9.35. The van der Waals surface area contributed by atoms with Crippen LogP contribution in [0.25, 0.3) is 33.7 Å². The summed E-state index contributed by atoms with van der Waals surface area (Å²) in [7, 11) is 0. The van der Waals surface area contributed by atoms with Crippen LogP contribution in [0.5, 0.6) is 0 Å². The zero-order chi connectivity index (χ0) is 24.3. The van der Waals surface area contributed by atoms with Crippen LogP contribution in [0.3, 0.4) is 0 Å². The lowest BCUT2D eigenvalue weighted by molar-refractivity contribution is 0.584. The van der Waals surface area contributed by atoms with Gasteiger partial charge in [-0.2, -0.15) is 21.0 Å². The number of benzene rings is 2. The van der Waals surface area contributed by atoms with Gasteiger partial charge in [0.15, 0.2) is 0 Å². The van der Waals surface area contributed by atoms with Crippen LogP contribution in [0.2, 0.25) is 0 Å². The second-order valence-corrected chi connectivity index (χ2v) is 7.19. The zero-order valence-electron chi connectivity index (χ0n) is 16.5. The summed E-state index contributed by atoms with van der Waals surface area (Å²) in [5, 5.41) is 37.7. The highest BCUT2D eigenvalue weighted by atomic mass is 19.1. The Bertz CT molecular complexity index is 1580. The summed E-state index contributed by atoms with van der Waals surface area (Å²) in [6, 6.07) is 9.59. The first-order chi connectivity index (χ1) is 16.3. The number of hydrogen-bond acceptors (Lipinski definition) is 6. The molecule has 2 aromatic carbocycles. The normalized spacial score (nSPS) is 11.9. The molecule has 0 unspecified atom stereocenters. The minimum atomic E-state index is -1.06. The largest absolute Gasteiger partial charge is 0.243 e. The fourth-order valence-corrected chi connectivity index (χ4v) is 4.19. The van der Waals surface area contributed by atoms with Gasteiger partial charge in [-0.3, -0.25) is 0 Å². The van der Waals surface area contributed by atoms with Gasteiger partial charge in [0.1, 0.15) is 81.5 Å². The maximum atomic E-state index is 14.9. The SMILES string of the molecule is N#CC(C#N)=C1c2cc(F)cc(F)c2-c2nc3c(nc21)-c1c(F)cc(F)cc1C3=C(C#N)C#N. The number of hydrogen-bond donors (Lipinski definition) is 0. The third kappa shape index (κ3) is 2.57. The van der Waals surface area contributed by atoms with E-state index in [1.807, 2.05) is 0 Å². The minimum Gasteiger partial charge on any atom is -0.243 e. The molecule has 158 valence electrons. The van der Waals surface area contributed by atoms with Crippen molar-refractivity contribution in [3.05, 3.63) is 81.2 Å². The van der Waals surface area contributed by atoms with E-state index in [0.717, 1.165) is 12.1 Å². The number of halogens is 4. The van der Waals surface area contributed by atoms with Crippen LogP contribution < -0.4 is 0 Å². The lowest BCUT2D eigenvalue weighted by atomic mass is 10.0. The van der Waals surface area contributed by atoms with Crippen molar-refractivity contribution in [1.29, 1.82) is 21.0 Å². The van der Waals surface area contributed by atoms with E-state index in [1.165, 1.54) is 0 Å². The monoisotopic (exact) mass is 452 g/mol. The van der Waals surface area contributed by atoms with E-state index in [0.29, 0.717) is 12.1 Å². The molecule has 6 nitrogen and oxygen atoms in total. The van der Waals surface area contributed by atoms with Crippen LogP contribution in [0, 0.1) is 68.6 Å². The Morgan fingerprint density at radius 1 is 0.559 bits per heavy atom. The van der Waals surface area contributed by atoms with Crippen molar-refractivity contribution in [3.8, 4) is 46.8 Å². The van der Waals surface area contributed by atoms with Crippen LogP contribution in [0.15, 0.2) is 35.4 Å². The number of allylic oxidation sites excluding steroid dienone is 2. The third-order valence-corrected chi connectivity index (χ3v) is 5.44. The Labute approximate surface area is 188 Å². The van der Waals surface area contributed by atoms with Crippen molar-refractivity contribution < 1.29 is 17.6 Å². The molecule has 10 heteroatoms. The van der Waals surface area contributed by atoms with Gasteiger partial charge in [-0.15, -0.1) is 0 Å². The van der Waals surface area contributed by atoms with E-state index < -0.39 is 34.4 Å². The predicted molar refractivity (Wildman–Crippen MR) is 107 cm³/mol. The second-order valence-electron chi connectivity index (χ2n) is 7.19. The first kappa shape index (κ1) is 20.6. The van der Waals surface area contributed by atoms with Gasteiger partial charge in [0, 0.05) is 45.5 Å². The van der Waals surface area contributed by atoms with Crippen molar-refractivity contribution in [2.45, 2.75) is 0 Å². The fraction of sp³-hybridized carbons (Fsp3) is 0. The molecule has 0 fully saturated rings. The number of nitriles is 4. The summed E-state index contributed by atoms with van der Waals surface area (Å²) in [4.78, 5) is 8.65. The standard InChI is InChI=1S/C24H4F4N6/c25-11-1-13-17(9(5-29)6-30)21-23(19(13)15(27)3-11)34-22-18(10(7-31)8-32)14-2-12(26)4-16(28)20(14)24(22)33-21/h1-4H. The molecule has 0 saturated heterocycles. The molecule has 0 saturated carbocycles. The van der Waals surface area contributed by atoms with Gasteiger partial charge in [0.2, 0.25) is 0 Å². The Morgan fingerprint density at radius 3 is 1.24 bits per heavy atom. The van der Waals surface area contributed by atoms with Crippen LogP contribution in [0.1, 0.15) is 22.5 Å². The number of fused-ring (bicyclic) bond motifs is 6. The predicted octanol–water partition coefficient (Wildman–Crippen LogP) is 4.69. The maximum Gasteiger partial charge on any atom is 0.139 e. The molecular weight excluding hydrogens is 448 g/mol. The quantitative estimate of drug-likeness (QED) is 0.248. The van der Waals surface area contributed by atoms with Gasteiger partial charge in [-0.1, -0.05) is 0 Å². The molecule has 0 spiro atoms. The molecule has 0 amide bonds. The molecule has 2 aliphatic carbocycles. The summed E-state index contributed by atoms with van der Waals surface area (Å²) in [6.45, 7) is 0. The molecule has 1 heterocycles. The second kappa shape index (κ2) is 7.10. The molecule has 2 aliphatic rings. The lowest BCUT2D eigenvalue weighted by Crippen LogP contribution is -1.99. The van der Waals surface area contributed by atoms with Crippen molar-refractivity contribution in [3.63, 3.8) is 0 Å². The van der Waals surface area contributed by atoms with E-state index in [1.54, 1.807) is 24.3 Å². The molecule has 34 heavy (non-hydrogen) atoms. The molecule has 0 atom stereocenters. The summed E-state index contributed by atoms with van der Waals surface area (Å²) in [6.07, 6.45) is 0. The highest BCUT2D eigenvalue weighted by molar-refractivity contribution is 6.06. The Balaban J connectivity index is 1.99. The van der Waals surface area contributed by atoms with Crippen molar-refractivity contribution >= 4 is 11.1 Å². The van der Waals surface area contributed by atoms with Gasteiger partial charge in [-0.25, -0.2) is 27.5 Å². The highest BCUT2D eigenvalue weighted by Gasteiger charge is 2.39. The van der Waals surface area contributed by atoms with Crippen molar-refractivity contribution in [2.24, 2.45) is 0 Å². The Morgan fingerprint density at radius 2 is 0.912 bits per heavy atom. The lowest BCUT2D eigenvalue weighted by Gasteiger charge is -2.06. The number of nitrogens with zero attached hydrogens (tertiary/aromatic N) is 6. The molecule has 1 aromatic heterocycles. The van der Waals surface area contributed by atoms with Gasteiger partial charge in [-0.05, 0) is 12.1 Å². The van der Waals surface area contributed by atoms with Gasteiger partial charge in [0.25, 0.3) is 0 Å². The van der Waals surface area contributed by atoms with Crippen LogP contribution in [-0.2, 0) is 0 Å². The molecular formula is C24H4F4N6. The van der Waals surface area contributed by atoms with E-state index >= 15 is 0 Å². The molecule has 5 rings (SSSR count). The van der Waals surface area contributed by atoms with Crippen molar-refractivity contribution in [1.82, 2.24) is 9.97 Å². The first-order valence-electron chi connectivity index (χ1n) is 9.35. The third-order valence-electron chi connectivity index (χ3n) is 5.44. The van der Waals surface area contributed by atoms with E-state index in [9.17, 15) is 38.6 Å². The summed E-state index contributed by atoms with van der Waals surface area (Å²) in [5.41, 5.74) is -3.05. The van der Waals surface area contributed by atoms with Gasteiger partial charge >= 0.3 is 0 Å². The fourth-order valence-electron chi connectivity index (χ4n) is 4.19. The van der Waals surface area contributed by atoms with Crippen molar-refractivity contribution in [2.75, 3.05) is 0 Å². The topological polar surface area (TPSA) is 121 Å². The van der Waals surface area contributed by atoms with Crippen LogP contribution in [0.4, 0.5) is 17.6 Å². The molecule has 0 N–H and O–H groups in total. The van der Waals surface area contributed by atoms with E-state index in [4.69, 9.17) is 0 Å². The highest BCUT2D eigenvalue weighted by Crippen LogP contribution is 2.51. The van der Waals surface area contributed by atoms with E-state index in [2.05, 4.69) is 9.97 Å². The summed E-state index contributed by atoms with van der Waals surface area (Å²) >= 11 is 0. The number of rotatable bonds is 0. The Kier molecular flexibility index (Phi) is 4.30. The van der Waals surface area contributed by atoms with Gasteiger partial charge < -0.3 is 0 Å².